The van der Waals surface area contributed by atoms with Crippen molar-refractivity contribution in [3.63, 3.8) is 0 Å². The predicted octanol–water partition coefficient (Wildman–Crippen LogP) is 2.63. The van der Waals surface area contributed by atoms with Crippen LogP contribution in [0.25, 0.3) is 0 Å². The van der Waals surface area contributed by atoms with E-state index >= 15 is 0 Å². The summed E-state index contributed by atoms with van der Waals surface area (Å²) in [5, 5.41) is 23.9. The van der Waals surface area contributed by atoms with Crippen LogP contribution < -0.4 is 19.8 Å². The van der Waals surface area contributed by atoms with Crippen molar-refractivity contribution in [2.45, 2.75) is 32.1 Å². The lowest BCUT2D eigenvalue weighted by Crippen LogP contribution is -2.33. The summed E-state index contributed by atoms with van der Waals surface area (Å²) in [6.45, 7) is 2.79. The summed E-state index contributed by atoms with van der Waals surface area (Å²) in [5.41, 5.74) is 2.89. The van der Waals surface area contributed by atoms with E-state index in [2.05, 4.69) is 36.8 Å². The third-order valence-corrected chi connectivity index (χ3v) is 9.30. The standard InChI is InChI=1S/C26H30N8O4S/c27-16-17-6-10-33(11-7-17)19-4-5-20(22(14-19)34-9-1-13-39(34,36)37)29-21-15-23(30-25(35)18-2-3-18)31-32-24(21)26-28-8-12-38-26/h4-5,14-15,17-18H,1-3,6-13H2,(H2,29,30,31,35). The number of hydrogen-bond donors (Lipinski definition) is 2. The molecule has 0 spiro atoms. The molecule has 13 heteroatoms. The lowest BCUT2D eigenvalue weighted by molar-refractivity contribution is -0.117. The molecule has 0 radical (unpaired) electrons. The Labute approximate surface area is 227 Å². The van der Waals surface area contributed by atoms with E-state index in [0.29, 0.717) is 60.6 Å². The van der Waals surface area contributed by atoms with E-state index in [1.54, 1.807) is 6.07 Å². The minimum atomic E-state index is -3.47. The number of hydrogen-bond acceptors (Lipinski definition) is 10. The number of ether oxygens (including phenoxy) is 1. The molecule has 0 unspecified atom stereocenters. The fourth-order valence-corrected chi connectivity index (χ4v) is 6.68. The molecule has 4 aliphatic rings. The van der Waals surface area contributed by atoms with E-state index < -0.39 is 10.0 Å². The third-order valence-electron chi connectivity index (χ3n) is 7.44. The van der Waals surface area contributed by atoms with Crippen LogP contribution in [-0.4, -0.2) is 69.0 Å². The van der Waals surface area contributed by atoms with Crippen molar-refractivity contribution in [2.75, 3.05) is 58.4 Å². The molecule has 2 N–H and O–H groups in total. The first-order valence-electron chi connectivity index (χ1n) is 13.3. The second-order valence-corrected chi connectivity index (χ2v) is 12.3. The van der Waals surface area contributed by atoms with Crippen LogP contribution in [0.3, 0.4) is 0 Å². The highest BCUT2D eigenvalue weighted by Crippen LogP contribution is 2.38. The average Bonchev–Trinajstić information content (AvgIpc) is 3.54. The van der Waals surface area contributed by atoms with Crippen LogP contribution >= 0.6 is 0 Å². The van der Waals surface area contributed by atoms with Crippen molar-refractivity contribution in [1.29, 1.82) is 5.26 Å². The van der Waals surface area contributed by atoms with Crippen molar-refractivity contribution in [3.8, 4) is 6.07 Å². The maximum Gasteiger partial charge on any atom is 0.239 e. The molecule has 1 aromatic carbocycles. The van der Waals surface area contributed by atoms with Gasteiger partial charge in [0.15, 0.2) is 11.5 Å². The average molecular weight is 551 g/mol. The summed E-state index contributed by atoms with van der Waals surface area (Å²) in [7, 11) is -3.47. The second-order valence-electron chi connectivity index (χ2n) is 10.2. The van der Waals surface area contributed by atoms with Crippen LogP contribution in [0.4, 0.5) is 28.6 Å². The van der Waals surface area contributed by atoms with Crippen molar-refractivity contribution >= 4 is 50.4 Å². The van der Waals surface area contributed by atoms with Crippen LogP contribution in [0.15, 0.2) is 29.3 Å². The maximum atomic E-state index is 13.0. The summed E-state index contributed by atoms with van der Waals surface area (Å²) >= 11 is 0. The molecule has 12 nitrogen and oxygen atoms in total. The summed E-state index contributed by atoms with van der Waals surface area (Å²) < 4.78 is 33.1. The maximum absolute atomic E-state index is 13.0. The molecule has 204 valence electrons. The number of nitrogens with zero attached hydrogens (tertiary/aromatic N) is 6. The molecular formula is C26H30N8O4S. The van der Waals surface area contributed by atoms with Gasteiger partial charge in [-0.1, -0.05) is 0 Å². The van der Waals surface area contributed by atoms with Gasteiger partial charge in [0.05, 0.1) is 35.4 Å². The quantitative estimate of drug-likeness (QED) is 0.530. The van der Waals surface area contributed by atoms with E-state index in [1.165, 1.54) is 4.31 Å². The first-order valence-corrected chi connectivity index (χ1v) is 14.9. The monoisotopic (exact) mass is 550 g/mol. The topological polar surface area (TPSA) is 153 Å². The molecule has 6 rings (SSSR count). The number of nitriles is 1. The second kappa shape index (κ2) is 10.3. The molecule has 1 aromatic heterocycles. The molecule has 39 heavy (non-hydrogen) atoms. The van der Waals surface area contributed by atoms with E-state index in [1.807, 2.05) is 18.2 Å². The first kappa shape index (κ1) is 25.4. The van der Waals surface area contributed by atoms with Crippen molar-refractivity contribution < 1.29 is 17.9 Å². The smallest absolute Gasteiger partial charge is 0.239 e. The van der Waals surface area contributed by atoms with Gasteiger partial charge in [0.1, 0.15) is 6.61 Å². The number of piperidine rings is 1. The molecule has 2 aromatic rings. The molecule has 3 aliphatic heterocycles. The Balaban J connectivity index is 1.36. The number of rotatable bonds is 7. The van der Waals surface area contributed by atoms with Gasteiger partial charge in [0, 0.05) is 43.2 Å². The Morgan fingerprint density at radius 1 is 1.08 bits per heavy atom. The summed E-state index contributed by atoms with van der Waals surface area (Å²) in [5.74, 6) is 0.693. The Bertz CT molecular complexity index is 1460. The molecule has 0 atom stereocenters. The van der Waals surface area contributed by atoms with Gasteiger partial charge in [0.25, 0.3) is 0 Å². The number of aromatic nitrogens is 2. The zero-order chi connectivity index (χ0) is 27.0. The molecule has 4 heterocycles. The molecular weight excluding hydrogens is 520 g/mol. The Kier molecular flexibility index (Phi) is 6.72. The van der Waals surface area contributed by atoms with Crippen LogP contribution in [0, 0.1) is 23.2 Å². The Morgan fingerprint density at radius 3 is 2.56 bits per heavy atom. The first-order chi connectivity index (χ1) is 18.9. The predicted molar refractivity (Wildman–Crippen MR) is 147 cm³/mol. The van der Waals surface area contributed by atoms with E-state index in [4.69, 9.17) is 4.74 Å². The number of amides is 1. The van der Waals surface area contributed by atoms with Crippen LogP contribution in [0.1, 0.15) is 37.8 Å². The highest BCUT2D eigenvalue weighted by molar-refractivity contribution is 7.93. The number of aliphatic imine (C=N–C) groups is 1. The van der Waals surface area contributed by atoms with Crippen molar-refractivity contribution in [2.24, 2.45) is 16.8 Å². The van der Waals surface area contributed by atoms with Gasteiger partial charge in [-0.15, -0.1) is 10.2 Å². The van der Waals surface area contributed by atoms with E-state index in [0.717, 1.165) is 44.5 Å². The number of anilines is 5. The lowest BCUT2D eigenvalue weighted by atomic mass is 9.98. The summed E-state index contributed by atoms with van der Waals surface area (Å²) in [4.78, 5) is 18.9. The molecule has 1 saturated carbocycles. The Hall–Kier alpha value is -3.92. The van der Waals surface area contributed by atoms with Gasteiger partial charge in [-0.3, -0.25) is 9.10 Å². The summed E-state index contributed by atoms with van der Waals surface area (Å²) in [6, 6.07) is 9.74. The van der Waals surface area contributed by atoms with Crippen LogP contribution in [-0.2, 0) is 19.6 Å². The minimum Gasteiger partial charge on any atom is -0.474 e. The molecule has 0 bridgehead atoms. The highest BCUT2D eigenvalue weighted by Gasteiger charge is 2.32. The molecule has 1 amide bonds. The SMILES string of the molecule is N#CC1CCN(c2ccc(Nc3cc(NC(=O)C4CC4)nnc3C3=NCCO3)c(N3CCCS3(=O)=O)c2)CC1. The fraction of sp³-hybridized carbons (Fsp3) is 0.500. The van der Waals surface area contributed by atoms with E-state index in [9.17, 15) is 18.5 Å². The van der Waals surface area contributed by atoms with Gasteiger partial charge >= 0.3 is 0 Å². The normalized spacial score (nSPS) is 20.7. The van der Waals surface area contributed by atoms with Crippen LogP contribution in [0.2, 0.25) is 0 Å². The molecule has 3 fully saturated rings. The third kappa shape index (κ3) is 5.34. The molecule has 1 aliphatic carbocycles. The van der Waals surface area contributed by atoms with Crippen molar-refractivity contribution in [1.82, 2.24) is 10.2 Å². The number of carbonyl (C=O) groups excluding carboxylic acids is 1. The van der Waals surface area contributed by atoms with Gasteiger partial charge in [-0.2, -0.15) is 5.26 Å². The largest absolute Gasteiger partial charge is 0.474 e. The number of nitrogens with one attached hydrogen (secondary N) is 2. The lowest BCUT2D eigenvalue weighted by Gasteiger charge is -2.32. The number of sulfonamides is 1. The summed E-state index contributed by atoms with van der Waals surface area (Å²) in [6.07, 6.45) is 3.82. The van der Waals surface area contributed by atoms with Gasteiger partial charge in [-0.25, -0.2) is 13.4 Å². The number of benzene rings is 1. The van der Waals surface area contributed by atoms with E-state index in [-0.39, 0.29) is 23.5 Å². The zero-order valence-corrected chi connectivity index (χ0v) is 22.3. The Morgan fingerprint density at radius 2 is 1.90 bits per heavy atom. The zero-order valence-electron chi connectivity index (χ0n) is 21.5. The van der Waals surface area contributed by atoms with Gasteiger partial charge in [-0.05, 0) is 50.3 Å². The minimum absolute atomic E-state index is 0.00294. The fourth-order valence-electron chi connectivity index (χ4n) is 5.11. The number of carbonyl (C=O) groups is 1. The van der Waals surface area contributed by atoms with Crippen molar-refractivity contribution in [3.05, 3.63) is 30.0 Å². The highest BCUT2D eigenvalue weighted by atomic mass is 32.2. The van der Waals surface area contributed by atoms with Gasteiger partial charge in [0.2, 0.25) is 21.8 Å². The van der Waals surface area contributed by atoms with Gasteiger partial charge < -0.3 is 20.3 Å². The molecule has 2 saturated heterocycles. The van der Waals surface area contributed by atoms with Crippen LogP contribution in [0.5, 0.6) is 0 Å².